The van der Waals surface area contributed by atoms with E-state index in [1.54, 1.807) is 12.1 Å². The molecule has 2 aromatic rings. The summed E-state index contributed by atoms with van der Waals surface area (Å²) in [4.78, 5) is 16.4. The van der Waals surface area contributed by atoms with Crippen molar-refractivity contribution in [1.29, 1.82) is 0 Å². The zero-order valence-electron chi connectivity index (χ0n) is 16.5. The van der Waals surface area contributed by atoms with Crippen LogP contribution in [-0.2, 0) is 17.6 Å². The second-order valence-electron chi connectivity index (χ2n) is 7.08. The SMILES string of the molecule is CCNC(=NCC(Cc1ccc(F)cc1)C(N)=O)NCC1Cc2ccccc2O1. The van der Waals surface area contributed by atoms with Crippen LogP contribution in [-0.4, -0.2) is 37.6 Å². The van der Waals surface area contributed by atoms with E-state index in [1.807, 2.05) is 25.1 Å². The van der Waals surface area contributed by atoms with Gasteiger partial charge in [-0.15, -0.1) is 0 Å². The maximum Gasteiger partial charge on any atom is 0.222 e. The van der Waals surface area contributed by atoms with Gasteiger partial charge in [0.25, 0.3) is 0 Å². The lowest BCUT2D eigenvalue weighted by atomic mass is 9.99. The van der Waals surface area contributed by atoms with Crippen molar-refractivity contribution in [2.45, 2.75) is 25.9 Å². The standard InChI is InChI=1S/C22H27FN4O2/c1-2-25-22(27-14-19-12-16-5-3-4-6-20(16)29-19)26-13-17(21(24)28)11-15-7-9-18(23)10-8-15/h3-10,17,19H,2,11-14H2,1H3,(H2,24,28)(H2,25,26,27). The molecule has 2 unspecified atom stereocenters. The van der Waals surface area contributed by atoms with Gasteiger partial charge in [0.1, 0.15) is 17.7 Å². The first kappa shape index (κ1) is 20.6. The van der Waals surface area contributed by atoms with Gasteiger partial charge < -0.3 is 21.1 Å². The van der Waals surface area contributed by atoms with E-state index in [1.165, 1.54) is 17.7 Å². The van der Waals surface area contributed by atoms with Crippen LogP contribution in [0, 0.1) is 11.7 Å². The summed E-state index contributed by atoms with van der Waals surface area (Å²) in [5.41, 5.74) is 7.60. The smallest absolute Gasteiger partial charge is 0.222 e. The molecular weight excluding hydrogens is 371 g/mol. The van der Waals surface area contributed by atoms with Crippen LogP contribution in [0.5, 0.6) is 5.75 Å². The lowest BCUT2D eigenvalue weighted by Crippen LogP contribution is -2.43. The number of hydrogen-bond acceptors (Lipinski definition) is 3. The van der Waals surface area contributed by atoms with E-state index < -0.39 is 11.8 Å². The van der Waals surface area contributed by atoms with E-state index >= 15 is 0 Å². The molecule has 0 aromatic heterocycles. The number of benzene rings is 2. The Kier molecular flexibility index (Phi) is 7.05. The molecule has 6 nitrogen and oxygen atoms in total. The van der Waals surface area contributed by atoms with Gasteiger partial charge in [0.2, 0.25) is 5.91 Å². The highest BCUT2D eigenvalue weighted by atomic mass is 19.1. The maximum atomic E-state index is 13.1. The third-order valence-electron chi connectivity index (χ3n) is 4.82. The zero-order valence-corrected chi connectivity index (χ0v) is 16.5. The van der Waals surface area contributed by atoms with Crippen LogP contribution in [0.15, 0.2) is 53.5 Å². The first-order valence-electron chi connectivity index (χ1n) is 9.85. The van der Waals surface area contributed by atoms with Gasteiger partial charge in [-0.3, -0.25) is 9.79 Å². The Morgan fingerprint density at radius 2 is 2.00 bits per heavy atom. The van der Waals surface area contributed by atoms with Crippen LogP contribution in [0.2, 0.25) is 0 Å². The van der Waals surface area contributed by atoms with Gasteiger partial charge in [0, 0.05) is 13.0 Å². The zero-order chi connectivity index (χ0) is 20.6. The molecule has 0 radical (unpaired) electrons. The summed E-state index contributed by atoms with van der Waals surface area (Å²) >= 11 is 0. The van der Waals surface area contributed by atoms with Crippen molar-refractivity contribution < 1.29 is 13.9 Å². The molecule has 1 amide bonds. The monoisotopic (exact) mass is 398 g/mol. The summed E-state index contributed by atoms with van der Waals surface area (Å²) in [5.74, 6) is 0.329. The summed E-state index contributed by atoms with van der Waals surface area (Å²) in [7, 11) is 0. The van der Waals surface area contributed by atoms with Crippen molar-refractivity contribution >= 4 is 11.9 Å². The Labute approximate surface area is 170 Å². The lowest BCUT2D eigenvalue weighted by molar-refractivity contribution is -0.121. The number of guanidine groups is 1. The second kappa shape index (κ2) is 9.91. The fourth-order valence-electron chi connectivity index (χ4n) is 3.28. The number of carbonyl (C=O) groups is 1. The average Bonchev–Trinajstić information content (AvgIpc) is 3.13. The van der Waals surface area contributed by atoms with Crippen molar-refractivity contribution in [3.8, 4) is 5.75 Å². The highest BCUT2D eigenvalue weighted by Crippen LogP contribution is 2.27. The molecule has 1 heterocycles. The number of nitrogens with two attached hydrogens (primary N) is 1. The number of fused-ring (bicyclic) bond motifs is 1. The van der Waals surface area contributed by atoms with E-state index in [0.717, 1.165) is 17.7 Å². The van der Waals surface area contributed by atoms with Gasteiger partial charge in [0.15, 0.2) is 5.96 Å². The highest BCUT2D eigenvalue weighted by Gasteiger charge is 2.22. The molecule has 29 heavy (non-hydrogen) atoms. The summed E-state index contributed by atoms with van der Waals surface area (Å²) in [5, 5.41) is 6.45. The summed E-state index contributed by atoms with van der Waals surface area (Å²) in [6.07, 6.45) is 1.29. The Hall–Kier alpha value is -3.09. The van der Waals surface area contributed by atoms with Crippen LogP contribution in [0.25, 0.3) is 0 Å². The number of rotatable bonds is 8. The first-order chi connectivity index (χ1) is 14.0. The first-order valence-corrected chi connectivity index (χ1v) is 9.85. The van der Waals surface area contributed by atoms with Gasteiger partial charge in [-0.2, -0.15) is 0 Å². The molecule has 0 saturated heterocycles. The molecule has 2 atom stereocenters. The van der Waals surface area contributed by atoms with Crippen molar-refractivity contribution in [3.63, 3.8) is 0 Å². The molecule has 2 aromatic carbocycles. The number of amides is 1. The molecule has 0 saturated carbocycles. The predicted molar refractivity (Wildman–Crippen MR) is 111 cm³/mol. The van der Waals surface area contributed by atoms with Crippen LogP contribution < -0.4 is 21.1 Å². The van der Waals surface area contributed by atoms with Gasteiger partial charge in [-0.1, -0.05) is 30.3 Å². The van der Waals surface area contributed by atoms with E-state index in [4.69, 9.17) is 10.5 Å². The fourth-order valence-corrected chi connectivity index (χ4v) is 3.28. The Balaban J connectivity index is 1.56. The minimum Gasteiger partial charge on any atom is -0.488 e. The topological polar surface area (TPSA) is 88.7 Å². The lowest BCUT2D eigenvalue weighted by Gasteiger charge is -2.17. The summed E-state index contributed by atoms with van der Waals surface area (Å²) < 4.78 is 19.0. The molecule has 1 aliphatic rings. The van der Waals surface area contributed by atoms with Gasteiger partial charge >= 0.3 is 0 Å². The van der Waals surface area contributed by atoms with Crippen LogP contribution in [0.3, 0.4) is 0 Å². The largest absolute Gasteiger partial charge is 0.488 e. The Morgan fingerprint density at radius 1 is 1.24 bits per heavy atom. The predicted octanol–water partition coefficient (Wildman–Crippen LogP) is 2.03. The third-order valence-corrected chi connectivity index (χ3v) is 4.82. The quantitative estimate of drug-likeness (QED) is 0.469. The van der Waals surface area contributed by atoms with Crippen LogP contribution in [0.4, 0.5) is 4.39 Å². The molecule has 7 heteroatoms. The molecule has 154 valence electrons. The highest BCUT2D eigenvalue weighted by molar-refractivity contribution is 5.81. The summed E-state index contributed by atoms with van der Waals surface area (Å²) in [6, 6.07) is 14.1. The van der Waals surface area contributed by atoms with Gasteiger partial charge in [-0.25, -0.2) is 4.39 Å². The minimum atomic E-state index is -0.470. The molecule has 0 spiro atoms. The third kappa shape index (κ3) is 5.94. The number of halogens is 1. The number of nitrogens with one attached hydrogen (secondary N) is 2. The van der Waals surface area contributed by atoms with Crippen molar-refractivity contribution in [2.75, 3.05) is 19.6 Å². The molecule has 3 rings (SSSR count). The van der Waals surface area contributed by atoms with E-state index in [9.17, 15) is 9.18 Å². The van der Waals surface area contributed by atoms with Crippen molar-refractivity contribution in [2.24, 2.45) is 16.6 Å². The number of aliphatic imine (C=N–C) groups is 1. The van der Waals surface area contributed by atoms with Crippen molar-refractivity contribution in [1.82, 2.24) is 10.6 Å². The van der Waals surface area contributed by atoms with Crippen molar-refractivity contribution in [3.05, 3.63) is 65.5 Å². The normalized spacial score (nSPS) is 16.6. The Morgan fingerprint density at radius 3 is 2.69 bits per heavy atom. The Bertz CT molecular complexity index is 829. The van der Waals surface area contributed by atoms with E-state index in [-0.39, 0.29) is 18.5 Å². The number of hydrogen-bond donors (Lipinski definition) is 3. The molecule has 0 aliphatic carbocycles. The molecular formula is C22H27FN4O2. The number of nitrogens with zero attached hydrogens (tertiary/aromatic N) is 1. The summed E-state index contributed by atoms with van der Waals surface area (Å²) in [6.45, 7) is 3.51. The minimum absolute atomic E-state index is 0.0300. The second-order valence-corrected chi connectivity index (χ2v) is 7.08. The van der Waals surface area contributed by atoms with Gasteiger partial charge in [0.05, 0.1) is 19.0 Å². The molecule has 0 bridgehead atoms. The number of para-hydroxylation sites is 1. The fraction of sp³-hybridized carbons (Fsp3) is 0.364. The maximum absolute atomic E-state index is 13.1. The molecule has 1 aliphatic heterocycles. The van der Waals surface area contributed by atoms with Crippen LogP contribution in [0.1, 0.15) is 18.1 Å². The van der Waals surface area contributed by atoms with Crippen LogP contribution >= 0.6 is 0 Å². The molecule has 0 fully saturated rings. The van der Waals surface area contributed by atoms with E-state index in [2.05, 4.69) is 21.7 Å². The molecule has 4 N–H and O–H groups in total. The van der Waals surface area contributed by atoms with E-state index in [0.29, 0.717) is 25.5 Å². The number of primary amides is 1. The number of ether oxygens (including phenoxy) is 1. The number of carbonyl (C=O) groups excluding carboxylic acids is 1. The average molecular weight is 398 g/mol. The van der Waals surface area contributed by atoms with Gasteiger partial charge in [-0.05, 0) is 42.7 Å².